The fourth-order valence-electron chi connectivity index (χ4n) is 2.94. The standard InChI is InChI=1S/C22H26N2O5/c1-15-7-9-18(19(25)13-15)22(29)23-12-11-20(26)24-17(8-10-21(27)28)14-16-5-3-2-4-6-16/h2-7,9,13,17,25H,8,10-12,14H2,1H3,(H,23,29)(H,24,26)(H,27,28). The number of hydrogen-bond acceptors (Lipinski definition) is 4. The van der Waals surface area contributed by atoms with E-state index >= 15 is 0 Å². The molecule has 0 spiro atoms. The molecule has 0 bridgehead atoms. The van der Waals surface area contributed by atoms with Crippen LogP contribution in [0.25, 0.3) is 0 Å². The van der Waals surface area contributed by atoms with Crippen molar-refractivity contribution in [2.45, 2.75) is 38.6 Å². The summed E-state index contributed by atoms with van der Waals surface area (Å²) >= 11 is 0. The maximum Gasteiger partial charge on any atom is 0.303 e. The van der Waals surface area contributed by atoms with Crippen molar-refractivity contribution in [1.29, 1.82) is 0 Å². The number of amides is 2. The second-order valence-corrected chi connectivity index (χ2v) is 6.91. The van der Waals surface area contributed by atoms with Crippen LogP contribution in [0.3, 0.4) is 0 Å². The monoisotopic (exact) mass is 398 g/mol. The summed E-state index contributed by atoms with van der Waals surface area (Å²) in [5.41, 5.74) is 2.00. The first-order chi connectivity index (χ1) is 13.8. The molecule has 1 atom stereocenters. The van der Waals surface area contributed by atoms with Crippen molar-refractivity contribution in [2.24, 2.45) is 0 Å². The quantitative estimate of drug-likeness (QED) is 0.491. The maximum atomic E-state index is 12.3. The Bertz CT molecular complexity index is 852. The van der Waals surface area contributed by atoms with Gasteiger partial charge in [-0.3, -0.25) is 14.4 Å². The zero-order chi connectivity index (χ0) is 21.2. The highest BCUT2D eigenvalue weighted by Crippen LogP contribution is 2.18. The number of carboxylic acids is 1. The van der Waals surface area contributed by atoms with Gasteiger partial charge in [0.25, 0.3) is 5.91 Å². The molecule has 0 heterocycles. The van der Waals surface area contributed by atoms with Crippen LogP contribution in [-0.2, 0) is 16.0 Å². The molecule has 7 heteroatoms. The smallest absolute Gasteiger partial charge is 0.303 e. The minimum Gasteiger partial charge on any atom is -0.507 e. The number of hydrogen-bond donors (Lipinski definition) is 4. The Morgan fingerprint density at radius 1 is 1.03 bits per heavy atom. The highest BCUT2D eigenvalue weighted by molar-refractivity contribution is 5.97. The van der Waals surface area contributed by atoms with E-state index in [1.807, 2.05) is 37.3 Å². The molecule has 1 unspecified atom stereocenters. The minimum absolute atomic E-state index is 0.0405. The first-order valence-corrected chi connectivity index (χ1v) is 9.48. The number of aryl methyl sites for hydroxylation is 1. The number of carboxylic acid groups (broad SMARTS) is 1. The van der Waals surface area contributed by atoms with Gasteiger partial charge in [-0.1, -0.05) is 36.4 Å². The lowest BCUT2D eigenvalue weighted by atomic mass is 10.0. The molecule has 0 radical (unpaired) electrons. The van der Waals surface area contributed by atoms with Gasteiger partial charge in [0.2, 0.25) is 5.91 Å². The lowest BCUT2D eigenvalue weighted by Gasteiger charge is -2.18. The van der Waals surface area contributed by atoms with Gasteiger partial charge in [0.15, 0.2) is 0 Å². The van der Waals surface area contributed by atoms with Crippen LogP contribution < -0.4 is 10.6 Å². The lowest BCUT2D eigenvalue weighted by molar-refractivity contribution is -0.137. The van der Waals surface area contributed by atoms with Crippen molar-refractivity contribution in [1.82, 2.24) is 10.6 Å². The molecule has 2 amide bonds. The van der Waals surface area contributed by atoms with Crippen LogP contribution in [0.1, 0.15) is 40.7 Å². The Morgan fingerprint density at radius 2 is 1.76 bits per heavy atom. The molecule has 0 aliphatic rings. The third-order valence-corrected chi connectivity index (χ3v) is 4.43. The van der Waals surface area contributed by atoms with E-state index < -0.39 is 11.9 Å². The van der Waals surface area contributed by atoms with Gasteiger partial charge in [0, 0.05) is 25.4 Å². The summed E-state index contributed by atoms with van der Waals surface area (Å²) in [6, 6.07) is 14.0. The summed E-state index contributed by atoms with van der Waals surface area (Å²) in [5, 5.41) is 24.2. The number of carbonyl (C=O) groups excluding carboxylic acids is 2. The van der Waals surface area contributed by atoms with Crippen molar-refractivity contribution < 1.29 is 24.6 Å². The SMILES string of the molecule is Cc1ccc(C(=O)NCCC(=O)NC(CCC(=O)O)Cc2ccccc2)c(O)c1. The predicted octanol–water partition coefficient (Wildman–Crippen LogP) is 2.41. The summed E-state index contributed by atoms with van der Waals surface area (Å²) in [7, 11) is 0. The molecule has 2 aromatic rings. The summed E-state index contributed by atoms with van der Waals surface area (Å²) in [6.45, 7) is 1.91. The first kappa shape index (κ1) is 21.9. The fraction of sp³-hybridized carbons (Fsp3) is 0.318. The molecular weight excluding hydrogens is 372 g/mol. The van der Waals surface area contributed by atoms with Crippen molar-refractivity contribution in [2.75, 3.05) is 6.54 Å². The number of aliphatic carboxylic acids is 1. The fourth-order valence-corrected chi connectivity index (χ4v) is 2.94. The van der Waals surface area contributed by atoms with Gasteiger partial charge in [-0.05, 0) is 43.0 Å². The van der Waals surface area contributed by atoms with Gasteiger partial charge in [0.05, 0.1) is 5.56 Å². The molecule has 2 rings (SSSR count). The number of benzene rings is 2. The van der Waals surface area contributed by atoms with Crippen molar-refractivity contribution in [3.63, 3.8) is 0 Å². The van der Waals surface area contributed by atoms with Gasteiger partial charge in [-0.25, -0.2) is 0 Å². The van der Waals surface area contributed by atoms with E-state index in [0.717, 1.165) is 11.1 Å². The van der Waals surface area contributed by atoms with Crippen LogP contribution in [0.5, 0.6) is 5.75 Å². The Labute approximate surface area is 169 Å². The number of carbonyl (C=O) groups is 3. The molecule has 0 aromatic heterocycles. The topological polar surface area (TPSA) is 116 Å². The third-order valence-electron chi connectivity index (χ3n) is 4.43. The van der Waals surface area contributed by atoms with Crippen molar-refractivity contribution >= 4 is 17.8 Å². The number of phenolic OH excluding ortho intramolecular Hbond substituents is 1. The number of phenols is 1. The van der Waals surface area contributed by atoms with E-state index in [4.69, 9.17) is 5.11 Å². The van der Waals surface area contributed by atoms with Crippen molar-refractivity contribution in [3.8, 4) is 5.75 Å². The average molecular weight is 398 g/mol. The molecular formula is C22H26N2O5. The van der Waals surface area contributed by atoms with Gasteiger partial charge in [-0.15, -0.1) is 0 Å². The maximum absolute atomic E-state index is 12.3. The highest BCUT2D eigenvalue weighted by atomic mass is 16.4. The van der Waals surface area contributed by atoms with Gasteiger partial charge >= 0.3 is 5.97 Å². The number of aromatic hydroxyl groups is 1. The molecule has 0 saturated heterocycles. The van der Waals surface area contributed by atoms with Gasteiger partial charge in [0.1, 0.15) is 5.75 Å². The van der Waals surface area contributed by atoms with Crippen LogP contribution in [0.2, 0.25) is 0 Å². The molecule has 0 aliphatic heterocycles. The Morgan fingerprint density at radius 3 is 2.41 bits per heavy atom. The zero-order valence-corrected chi connectivity index (χ0v) is 16.4. The molecule has 2 aromatic carbocycles. The summed E-state index contributed by atoms with van der Waals surface area (Å²) in [6.07, 6.45) is 0.862. The van der Waals surface area contributed by atoms with Crippen LogP contribution >= 0.6 is 0 Å². The van der Waals surface area contributed by atoms with Crippen LogP contribution in [0.4, 0.5) is 0 Å². The molecule has 0 aliphatic carbocycles. The largest absolute Gasteiger partial charge is 0.507 e. The third kappa shape index (κ3) is 7.65. The second-order valence-electron chi connectivity index (χ2n) is 6.91. The van der Waals surface area contributed by atoms with Crippen molar-refractivity contribution in [3.05, 3.63) is 65.2 Å². The number of rotatable bonds is 10. The van der Waals surface area contributed by atoms with E-state index in [9.17, 15) is 19.5 Å². The molecule has 0 fully saturated rings. The molecule has 4 N–H and O–H groups in total. The Kier molecular flexibility index (Phi) is 8.21. The second kappa shape index (κ2) is 10.8. The molecule has 154 valence electrons. The summed E-state index contributed by atoms with van der Waals surface area (Å²) < 4.78 is 0. The highest BCUT2D eigenvalue weighted by Gasteiger charge is 2.16. The minimum atomic E-state index is -0.914. The lowest BCUT2D eigenvalue weighted by Crippen LogP contribution is -2.38. The van der Waals surface area contributed by atoms with E-state index in [1.165, 1.54) is 12.1 Å². The first-order valence-electron chi connectivity index (χ1n) is 9.48. The molecule has 7 nitrogen and oxygen atoms in total. The summed E-state index contributed by atoms with van der Waals surface area (Å²) in [5.74, 6) is -1.75. The van der Waals surface area contributed by atoms with E-state index in [0.29, 0.717) is 12.8 Å². The van der Waals surface area contributed by atoms with E-state index in [1.54, 1.807) is 6.07 Å². The van der Waals surface area contributed by atoms with Crippen LogP contribution in [0, 0.1) is 6.92 Å². The van der Waals surface area contributed by atoms with Gasteiger partial charge < -0.3 is 20.8 Å². The van der Waals surface area contributed by atoms with E-state index in [-0.39, 0.29) is 42.6 Å². The van der Waals surface area contributed by atoms with Gasteiger partial charge in [-0.2, -0.15) is 0 Å². The number of nitrogens with one attached hydrogen (secondary N) is 2. The zero-order valence-electron chi connectivity index (χ0n) is 16.4. The van der Waals surface area contributed by atoms with Crippen LogP contribution in [-0.4, -0.2) is 40.6 Å². The Balaban J connectivity index is 1.85. The molecule has 0 saturated carbocycles. The summed E-state index contributed by atoms with van der Waals surface area (Å²) in [4.78, 5) is 35.3. The average Bonchev–Trinajstić information content (AvgIpc) is 2.66. The Hall–Kier alpha value is -3.35. The normalized spacial score (nSPS) is 11.5. The molecule has 29 heavy (non-hydrogen) atoms. The predicted molar refractivity (Wildman–Crippen MR) is 109 cm³/mol. The van der Waals surface area contributed by atoms with E-state index in [2.05, 4.69) is 10.6 Å². The van der Waals surface area contributed by atoms with Crippen LogP contribution in [0.15, 0.2) is 48.5 Å².